The zero-order valence-electron chi connectivity index (χ0n) is 11.0. The molecule has 0 spiro atoms. The first-order valence-corrected chi connectivity index (χ1v) is 6.67. The third-order valence-electron chi connectivity index (χ3n) is 3.76. The van der Waals surface area contributed by atoms with E-state index in [1.165, 1.54) is 19.3 Å². The van der Waals surface area contributed by atoms with E-state index in [1.807, 2.05) is 18.2 Å². The number of hydrogen-bond donors (Lipinski definition) is 2. The van der Waals surface area contributed by atoms with E-state index in [9.17, 15) is 0 Å². The van der Waals surface area contributed by atoms with Gasteiger partial charge in [0.2, 0.25) is 0 Å². The topological polar surface area (TPSA) is 47.3 Å². The van der Waals surface area contributed by atoms with Crippen LogP contribution in [0.5, 0.6) is 5.75 Å². The molecule has 3 nitrogen and oxygen atoms in total. The van der Waals surface area contributed by atoms with E-state index < -0.39 is 0 Å². The van der Waals surface area contributed by atoms with Crippen LogP contribution in [0.25, 0.3) is 0 Å². The van der Waals surface area contributed by atoms with E-state index in [2.05, 4.69) is 12.2 Å². The molecule has 0 bridgehead atoms. The van der Waals surface area contributed by atoms with Crippen molar-refractivity contribution in [1.29, 1.82) is 0 Å². The van der Waals surface area contributed by atoms with Crippen LogP contribution in [0.1, 0.15) is 31.7 Å². The van der Waals surface area contributed by atoms with Crippen molar-refractivity contribution in [1.82, 2.24) is 0 Å². The van der Waals surface area contributed by atoms with Crippen LogP contribution in [0.15, 0.2) is 18.2 Å². The zero-order valence-corrected chi connectivity index (χ0v) is 11.8. The van der Waals surface area contributed by atoms with Gasteiger partial charge in [-0.3, -0.25) is 0 Å². The second-order valence-corrected chi connectivity index (χ2v) is 5.73. The highest BCUT2D eigenvalue weighted by molar-refractivity contribution is 7.80. The molecule has 1 aliphatic carbocycles. The molecule has 0 radical (unpaired) electrons. The Morgan fingerprint density at radius 2 is 2.22 bits per heavy atom. The van der Waals surface area contributed by atoms with Crippen LogP contribution in [-0.4, -0.2) is 18.6 Å². The molecule has 1 aliphatic rings. The molecule has 18 heavy (non-hydrogen) atoms. The Balaban J connectivity index is 2.15. The van der Waals surface area contributed by atoms with Crippen LogP contribution in [0.3, 0.4) is 0 Å². The van der Waals surface area contributed by atoms with Gasteiger partial charge in [-0.15, -0.1) is 0 Å². The lowest BCUT2D eigenvalue weighted by molar-refractivity contribution is 0.180. The summed E-state index contributed by atoms with van der Waals surface area (Å²) in [4.78, 5) is 0.416. The summed E-state index contributed by atoms with van der Waals surface area (Å²) in [5.74, 6) is 0.816. The Hall–Kier alpha value is -1.29. The van der Waals surface area contributed by atoms with Gasteiger partial charge in [0.15, 0.2) is 0 Å². The smallest absolute Gasteiger partial charge is 0.120 e. The molecular formula is C14H20N2OS. The fourth-order valence-electron chi connectivity index (χ4n) is 2.28. The summed E-state index contributed by atoms with van der Waals surface area (Å²) in [5.41, 5.74) is 8.01. The molecule has 0 saturated heterocycles. The monoisotopic (exact) mass is 264 g/mol. The highest BCUT2D eigenvalue weighted by Gasteiger charge is 2.31. The van der Waals surface area contributed by atoms with E-state index >= 15 is 0 Å². The minimum atomic E-state index is 0.413. The Morgan fingerprint density at radius 3 is 2.72 bits per heavy atom. The Morgan fingerprint density at radius 1 is 1.50 bits per heavy atom. The summed E-state index contributed by atoms with van der Waals surface area (Å²) in [5, 5.41) is 3.46. The molecule has 0 amide bonds. The van der Waals surface area contributed by atoms with Crippen molar-refractivity contribution in [3.05, 3.63) is 23.8 Å². The summed E-state index contributed by atoms with van der Waals surface area (Å²) in [7, 11) is 1.66. The minimum Gasteiger partial charge on any atom is -0.497 e. The maximum atomic E-state index is 5.74. The van der Waals surface area contributed by atoms with Crippen molar-refractivity contribution in [2.24, 2.45) is 11.1 Å². The lowest BCUT2D eigenvalue weighted by Gasteiger charge is -2.38. The number of thiocarbonyl (C=S) groups is 1. The standard InChI is InChI=1S/C14H20N2OS/c1-14(6-3-7-14)9-16-12-8-10(17-2)4-5-11(12)13(15)18/h4-5,8,16H,3,6-7,9H2,1-2H3,(H2,15,18). The van der Waals surface area contributed by atoms with Gasteiger partial charge in [-0.25, -0.2) is 0 Å². The van der Waals surface area contributed by atoms with E-state index in [1.54, 1.807) is 7.11 Å². The highest BCUT2D eigenvalue weighted by Crippen LogP contribution is 2.40. The molecule has 0 aliphatic heterocycles. The van der Waals surface area contributed by atoms with E-state index in [0.717, 1.165) is 23.5 Å². The molecule has 1 aromatic rings. The van der Waals surface area contributed by atoms with Crippen molar-refractivity contribution in [3.8, 4) is 5.75 Å². The van der Waals surface area contributed by atoms with Crippen LogP contribution in [-0.2, 0) is 0 Å². The first kappa shape index (κ1) is 13.1. The minimum absolute atomic E-state index is 0.413. The van der Waals surface area contributed by atoms with Crippen LogP contribution in [0, 0.1) is 5.41 Å². The van der Waals surface area contributed by atoms with Crippen LogP contribution in [0.2, 0.25) is 0 Å². The van der Waals surface area contributed by atoms with Crippen LogP contribution < -0.4 is 15.8 Å². The second-order valence-electron chi connectivity index (χ2n) is 5.29. The molecule has 0 atom stereocenters. The van der Waals surface area contributed by atoms with Gasteiger partial charge in [0.05, 0.1) is 7.11 Å². The SMILES string of the molecule is COc1ccc(C(N)=S)c(NCC2(C)CCC2)c1. The third-order valence-corrected chi connectivity index (χ3v) is 3.98. The van der Waals surface area contributed by atoms with Gasteiger partial charge >= 0.3 is 0 Å². The first-order chi connectivity index (χ1) is 8.54. The van der Waals surface area contributed by atoms with E-state index in [-0.39, 0.29) is 0 Å². The van der Waals surface area contributed by atoms with Crippen molar-refractivity contribution < 1.29 is 4.74 Å². The summed E-state index contributed by atoms with van der Waals surface area (Å²) in [6.45, 7) is 3.26. The molecule has 1 aromatic carbocycles. The predicted octanol–water partition coefficient (Wildman–Crippen LogP) is 2.93. The normalized spacial score (nSPS) is 16.8. The number of rotatable bonds is 5. The van der Waals surface area contributed by atoms with E-state index in [4.69, 9.17) is 22.7 Å². The number of benzene rings is 1. The van der Waals surface area contributed by atoms with Gasteiger partial charge in [0.25, 0.3) is 0 Å². The van der Waals surface area contributed by atoms with Crippen molar-refractivity contribution in [2.75, 3.05) is 19.0 Å². The zero-order chi connectivity index (χ0) is 13.2. The molecular weight excluding hydrogens is 244 g/mol. The summed E-state index contributed by atoms with van der Waals surface area (Å²) in [6, 6.07) is 5.74. The molecule has 1 fully saturated rings. The van der Waals surface area contributed by atoms with Gasteiger partial charge in [-0.1, -0.05) is 25.6 Å². The number of ether oxygens (including phenoxy) is 1. The van der Waals surface area contributed by atoms with Crippen molar-refractivity contribution >= 4 is 22.9 Å². The molecule has 1 saturated carbocycles. The average Bonchev–Trinajstić information content (AvgIpc) is 2.33. The first-order valence-electron chi connectivity index (χ1n) is 6.26. The average molecular weight is 264 g/mol. The third kappa shape index (κ3) is 2.75. The van der Waals surface area contributed by atoms with Crippen molar-refractivity contribution in [3.63, 3.8) is 0 Å². The van der Waals surface area contributed by atoms with Gasteiger partial charge in [0, 0.05) is 23.9 Å². The van der Waals surface area contributed by atoms with Crippen LogP contribution in [0.4, 0.5) is 5.69 Å². The summed E-state index contributed by atoms with van der Waals surface area (Å²) < 4.78 is 5.24. The Labute approximate surface area is 114 Å². The van der Waals surface area contributed by atoms with Crippen LogP contribution >= 0.6 is 12.2 Å². The largest absolute Gasteiger partial charge is 0.497 e. The molecule has 3 N–H and O–H groups in total. The Kier molecular flexibility index (Phi) is 3.76. The number of nitrogens with one attached hydrogen (secondary N) is 1. The number of methoxy groups -OCH3 is 1. The maximum absolute atomic E-state index is 5.74. The quantitative estimate of drug-likeness (QED) is 0.803. The highest BCUT2D eigenvalue weighted by atomic mass is 32.1. The molecule has 2 rings (SSSR count). The van der Waals surface area contributed by atoms with Gasteiger partial charge < -0.3 is 15.8 Å². The molecule has 4 heteroatoms. The molecule has 0 heterocycles. The fourth-order valence-corrected chi connectivity index (χ4v) is 2.46. The fraction of sp³-hybridized carbons (Fsp3) is 0.500. The Bertz CT molecular complexity index is 455. The van der Waals surface area contributed by atoms with Gasteiger partial charge in [-0.05, 0) is 30.4 Å². The summed E-state index contributed by atoms with van der Waals surface area (Å²) in [6.07, 6.45) is 3.90. The second kappa shape index (κ2) is 5.14. The van der Waals surface area contributed by atoms with Gasteiger partial charge in [-0.2, -0.15) is 0 Å². The predicted molar refractivity (Wildman–Crippen MR) is 79.3 cm³/mol. The molecule has 0 aromatic heterocycles. The molecule has 98 valence electrons. The van der Waals surface area contributed by atoms with E-state index in [0.29, 0.717) is 10.4 Å². The number of hydrogen-bond acceptors (Lipinski definition) is 3. The lowest BCUT2D eigenvalue weighted by atomic mass is 9.70. The number of anilines is 1. The van der Waals surface area contributed by atoms with Crippen molar-refractivity contribution in [2.45, 2.75) is 26.2 Å². The van der Waals surface area contributed by atoms with Gasteiger partial charge in [0.1, 0.15) is 10.7 Å². The lowest BCUT2D eigenvalue weighted by Crippen LogP contribution is -2.33. The summed E-state index contributed by atoms with van der Waals surface area (Å²) >= 11 is 5.08. The molecule has 0 unspecified atom stereocenters. The maximum Gasteiger partial charge on any atom is 0.120 e. The number of nitrogens with two attached hydrogens (primary N) is 1.